The average molecular weight is 155 g/mol. The Morgan fingerprint density at radius 1 is 1.80 bits per heavy atom. The van der Waals surface area contributed by atoms with E-state index in [0.717, 1.165) is 0 Å². The Hall–Kier alpha value is -0.900. The maximum atomic E-state index is 11.1. The van der Waals surface area contributed by atoms with Crippen molar-refractivity contribution in [1.82, 2.24) is 0 Å². The Balaban J connectivity index is 5.55. The van der Waals surface area contributed by atoms with Gasteiger partial charge < -0.3 is 10.2 Å². The Bertz CT molecular complexity index is 291. The molecule has 0 aliphatic carbocycles. The van der Waals surface area contributed by atoms with Crippen molar-refractivity contribution in [1.29, 1.82) is 0 Å². The molecular weight excluding hydrogens is 140 g/mol. The Labute approximate surface area is 65.5 Å². The normalized spacial score (nSPS) is 26.0. The number of hydrogen-bond acceptors (Lipinski definition) is 3. The molecule has 0 aliphatic rings. The van der Waals surface area contributed by atoms with Crippen molar-refractivity contribution < 1.29 is 26.7 Å². The molecule has 1 atom stereocenters. The van der Waals surface area contributed by atoms with E-state index >= 15 is 0 Å². The van der Waals surface area contributed by atoms with E-state index in [0.29, 0.717) is 6.92 Å². The van der Waals surface area contributed by atoms with Gasteiger partial charge in [0.05, 0.1) is 0 Å². The summed E-state index contributed by atoms with van der Waals surface area (Å²) in [5, 5.41) is 17.9. The third-order valence-corrected chi connectivity index (χ3v) is 1.000. The first-order valence-electron chi connectivity index (χ1n) is 4.86. The molecule has 58 valence electrons. The fraction of sp³-hybridized carbons (Fsp3) is 0.667. The first-order valence-corrected chi connectivity index (χ1v) is 2.36. The van der Waals surface area contributed by atoms with E-state index < -0.39 is 30.6 Å². The van der Waals surface area contributed by atoms with E-state index in [1.165, 1.54) is 0 Å². The molecule has 0 bridgehead atoms. The third-order valence-electron chi connectivity index (χ3n) is 1.000. The van der Waals surface area contributed by atoms with Gasteiger partial charge in [0.2, 0.25) is 5.60 Å². The number of carbonyl (C=O) groups is 2. The fourth-order valence-corrected chi connectivity index (χ4v) is 0.318. The lowest BCUT2D eigenvalue weighted by Crippen LogP contribution is -2.44. The molecule has 0 heterocycles. The van der Waals surface area contributed by atoms with Gasteiger partial charge in [-0.15, -0.1) is 0 Å². The quantitative estimate of drug-likeness (QED) is 0.437. The standard InChI is InChI=1S/C6H10O4/c1-3-6(10,4(2)7)5(8)9/h10H,3H2,1-2H3,(H,8,9)/i1+1,2+1D3,3+1D2,4+1. The minimum Gasteiger partial charge on any atom is -0.479 e. The van der Waals surface area contributed by atoms with E-state index in [9.17, 15) is 14.7 Å². The van der Waals surface area contributed by atoms with Crippen LogP contribution in [0.25, 0.3) is 0 Å². The largest absolute Gasteiger partial charge is 0.479 e. The first kappa shape index (κ1) is 3.48. The Morgan fingerprint density at radius 2 is 2.30 bits per heavy atom. The predicted molar refractivity (Wildman–Crippen MR) is 33.6 cm³/mol. The van der Waals surface area contributed by atoms with Gasteiger partial charge in [0, 0.05) is 6.85 Å². The second-order valence-corrected chi connectivity index (χ2v) is 1.59. The fourth-order valence-electron chi connectivity index (χ4n) is 0.318. The van der Waals surface area contributed by atoms with Crippen LogP contribution in [0.1, 0.15) is 27.0 Å². The molecule has 0 radical (unpaired) electrons. The number of rotatable bonds is 3. The number of aliphatic carboxylic acids is 1. The zero-order chi connectivity index (χ0) is 12.7. The van der Waals surface area contributed by atoms with Gasteiger partial charge >= 0.3 is 5.97 Å². The van der Waals surface area contributed by atoms with Gasteiger partial charge in [-0.05, 0) is 13.2 Å². The summed E-state index contributed by atoms with van der Waals surface area (Å²) in [7, 11) is 0. The summed E-state index contributed by atoms with van der Waals surface area (Å²) in [6.07, 6.45) is -2.90. The number of hydrogen-bond donors (Lipinski definition) is 2. The van der Waals surface area contributed by atoms with Crippen LogP contribution < -0.4 is 0 Å². The molecule has 0 spiro atoms. The minimum atomic E-state index is -3.57. The van der Waals surface area contributed by atoms with Gasteiger partial charge in [-0.3, -0.25) is 4.79 Å². The highest BCUT2D eigenvalue weighted by Gasteiger charge is 2.38. The van der Waals surface area contributed by atoms with Crippen molar-refractivity contribution in [3.05, 3.63) is 0 Å². The molecular formula is C6H10O4. The van der Waals surface area contributed by atoms with Gasteiger partial charge in [0.15, 0.2) is 5.78 Å². The molecule has 0 saturated carbocycles. The van der Waals surface area contributed by atoms with E-state index in [1.54, 1.807) is 0 Å². The van der Waals surface area contributed by atoms with Crippen LogP contribution in [-0.4, -0.2) is 27.6 Å². The maximum absolute atomic E-state index is 11.1. The summed E-state index contributed by atoms with van der Waals surface area (Å²) in [5.74, 6) is -4.27. The second-order valence-electron chi connectivity index (χ2n) is 1.59. The molecule has 0 fully saturated rings. The molecule has 0 amide bonds. The third kappa shape index (κ3) is 1.33. The van der Waals surface area contributed by atoms with Crippen molar-refractivity contribution in [2.45, 2.75) is 25.7 Å². The summed E-state index contributed by atoms with van der Waals surface area (Å²) in [5.41, 5.74) is -3.57. The van der Waals surface area contributed by atoms with Crippen molar-refractivity contribution in [2.24, 2.45) is 0 Å². The molecule has 4 nitrogen and oxygen atoms in total. The SMILES string of the molecule is [2H][13C]([2H])([2H])[13C](=O)C(O)(C(=O)O)[13C]([2H])([2H])[13CH3]. The van der Waals surface area contributed by atoms with Crippen LogP contribution in [0.4, 0.5) is 0 Å². The molecule has 2 N–H and O–H groups in total. The molecule has 0 saturated heterocycles. The molecule has 10 heavy (non-hydrogen) atoms. The molecule has 0 aromatic rings. The summed E-state index contributed by atoms with van der Waals surface area (Å²) >= 11 is 0. The maximum Gasteiger partial charge on any atom is 0.343 e. The van der Waals surface area contributed by atoms with Gasteiger partial charge in [-0.1, -0.05) is 6.92 Å². The zero-order valence-electron chi connectivity index (χ0n) is 10.2. The highest BCUT2D eigenvalue weighted by atomic mass is 16.4. The van der Waals surface area contributed by atoms with Crippen molar-refractivity contribution in [2.75, 3.05) is 0 Å². The molecule has 0 rings (SSSR count). The Kier molecular flexibility index (Phi) is 0.970. The summed E-state index contributed by atoms with van der Waals surface area (Å²) in [6.45, 7) is -2.76. The van der Waals surface area contributed by atoms with Crippen molar-refractivity contribution in [3.8, 4) is 0 Å². The topological polar surface area (TPSA) is 74.6 Å². The van der Waals surface area contributed by atoms with E-state index in [-0.39, 0.29) is 0 Å². The van der Waals surface area contributed by atoms with Crippen LogP contribution >= 0.6 is 0 Å². The number of Topliss-reactive ketones (excluding diaryl/α,β-unsaturated/α-hetero) is 1. The second kappa shape index (κ2) is 2.79. The molecule has 1 unspecified atom stereocenters. The van der Waals surface area contributed by atoms with Crippen molar-refractivity contribution in [3.63, 3.8) is 0 Å². The van der Waals surface area contributed by atoms with E-state index in [4.69, 9.17) is 12.0 Å². The minimum absolute atomic E-state index is 0.616. The highest BCUT2D eigenvalue weighted by Crippen LogP contribution is 2.10. The summed E-state index contributed by atoms with van der Waals surface area (Å²) < 4.78 is 34.0. The van der Waals surface area contributed by atoms with Crippen LogP contribution in [0.3, 0.4) is 0 Å². The van der Waals surface area contributed by atoms with Crippen molar-refractivity contribution >= 4 is 11.8 Å². The zero-order valence-corrected chi connectivity index (χ0v) is 5.21. The monoisotopic (exact) mass is 155 g/mol. The van der Waals surface area contributed by atoms with Gasteiger partial charge in [-0.2, -0.15) is 0 Å². The summed E-state index contributed by atoms with van der Waals surface area (Å²) in [6, 6.07) is 0. The number of carboxylic acid groups (broad SMARTS) is 1. The molecule has 0 aliphatic heterocycles. The first-order chi connectivity index (χ1) is 6.35. The molecule has 4 heteroatoms. The lowest BCUT2D eigenvalue weighted by atomic mass is 10.3. The smallest absolute Gasteiger partial charge is 0.343 e. The Morgan fingerprint density at radius 3 is 2.40 bits per heavy atom. The van der Waals surface area contributed by atoms with Gasteiger partial charge in [0.1, 0.15) is 0 Å². The number of carbonyl (C=O) groups excluding carboxylic acids is 1. The van der Waals surface area contributed by atoms with Crippen LogP contribution in [-0.2, 0) is 9.59 Å². The summed E-state index contributed by atoms with van der Waals surface area (Å²) in [4.78, 5) is 21.7. The van der Waals surface area contributed by atoms with Gasteiger partial charge in [-0.25, -0.2) is 4.79 Å². The number of ketones is 1. The number of carboxylic acids is 1. The number of aliphatic hydroxyl groups is 1. The van der Waals surface area contributed by atoms with E-state index in [2.05, 4.69) is 0 Å². The van der Waals surface area contributed by atoms with Crippen LogP contribution in [0.5, 0.6) is 0 Å². The van der Waals surface area contributed by atoms with E-state index in [1.807, 2.05) is 0 Å². The highest BCUT2D eigenvalue weighted by molar-refractivity contribution is 6.04. The molecule has 0 aromatic heterocycles. The molecule has 0 aromatic carbocycles. The predicted octanol–water partition coefficient (Wildman–Crippen LogP) is -0.199. The lowest BCUT2D eigenvalue weighted by Gasteiger charge is -2.16. The van der Waals surface area contributed by atoms with Crippen LogP contribution in [0.15, 0.2) is 0 Å². The van der Waals surface area contributed by atoms with Gasteiger partial charge in [0.25, 0.3) is 0 Å². The lowest BCUT2D eigenvalue weighted by molar-refractivity contribution is -0.164. The van der Waals surface area contributed by atoms with Crippen LogP contribution in [0.2, 0.25) is 0 Å². The van der Waals surface area contributed by atoms with Crippen LogP contribution in [0, 0.1) is 0 Å². The average Bonchev–Trinajstić information content (AvgIpc) is 1.97.